The molecule has 1 aromatic rings. The molecule has 3 heteroatoms. The Morgan fingerprint density at radius 3 is 2.61 bits per heavy atom. The van der Waals surface area contributed by atoms with Gasteiger partial charge < -0.3 is 4.74 Å². The summed E-state index contributed by atoms with van der Waals surface area (Å²) in [5.74, 6) is 6.58. The minimum Gasteiger partial charge on any atom is -0.494 e. The molecule has 0 heterocycles. The second-order valence-electron chi connectivity index (χ2n) is 5.82. The van der Waals surface area contributed by atoms with Crippen LogP contribution in [0.3, 0.4) is 0 Å². The number of nitrogens with two attached hydrogens (primary N) is 1. The van der Waals surface area contributed by atoms with Crippen LogP contribution in [0, 0.1) is 5.41 Å². The van der Waals surface area contributed by atoms with Gasteiger partial charge in [-0.15, -0.1) is 0 Å². The first-order valence-electron chi connectivity index (χ1n) is 6.65. The van der Waals surface area contributed by atoms with Gasteiger partial charge in [-0.05, 0) is 42.9 Å². The third-order valence-electron chi connectivity index (χ3n) is 2.96. The molecule has 1 aromatic carbocycles. The van der Waals surface area contributed by atoms with Crippen LogP contribution >= 0.6 is 0 Å². The summed E-state index contributed by atoms with van der Waals surface area (Å²) in [6, 6.07) is 8.34. The first-order valence-corrected chi connectivity index (χ1v) is 6.65. The number of hydrazine groups is 1. The smallest absolute Gasteiger partial charge is 0.119 e. The van der Waals surface area contributed by atoms with Crippen molar-refractivity contribution >= 4 is 0 Å². The van der Waals surface area contributed by atoms with E-state index in [4.69, 9.17) is 10.6 Å². The van der Waals surface area contributed by atoms with E-state index in [1.807, 2.05) is 19.1 Å². The maximum absolute atomic E-state index is 5.67. The summed E-state index contributed by atoms with van der Waals surface area (Å²) in [5.41, 5.74) is 4.42. The highest BCUT2D eigenvalue weighted by atomic mass is 16.5. The Labute approximate surface area is 111 Å². The van der Waals surface area contributed by atoms with Crippen LogP contribution in [0.2, 0.25) is 0 Å². The molecular formula is C15H26N2O. The van der Waals surface area contributed by atoms with Gasteiger partial charge in [0.05, 0.1) is 6.61 Å². The number of benzene rings is 1. The summed E-state index contributed by atoms with van der Waals surface area (Å²) >= 11 is 0. The van der Waals surface area contributed by atoms with Gasteiger partial charge in [0.15, 0.2) is 0 Å². The van der Waals surface area contributed by atoms with E-state index in [1.54, 1.807) is 0 Å². The van der Waals surface area contributed by atoms with Gasteiger partial charge in [-0.25, -0.2) is 0 Å². The lowest BCUT2D eigenvalue weighted by Crippen LogP contribution is -2.29. The molecular weight excluding hydrogens is 224 g/mol. The van der Waals surface area contributed by atoms with Crippen molar-refractivity contribution in [3.05, 3.63) is 29.8 Å². The fraction of sp³-hybridized carbons (Fsp3) is 0.600. The fourth-order valence-corrected chi connectivity index (χ4v) is 1.91. The molecule has 1 atom stereocenters. The fourth-order valence-electron chi connectivity index (χ4n) is 1.91. The second kappa shape index (κ2) is 6.76. The van der Waals surface area contributed by atoms with Gasteiger partial charge in [0.25, 0.3) is 0 Å². The highest BCUT2D eigenvalue weighted by molar-refractivity contribution is 5.30. The predicted molar refractivity (Wildman–Crippen MR) is 76.4 cm³/mol. The minimum atomic E-state index is 0.185. The van der Waals surface area contributed by atoms with Crippen molar-refractivity contribution in [3.8, 4) is 5.75 Å². The van der Waals surface area contributed by atoms with E-state index >= 15 is 0 Å². The maximum Gasteiger partial charge on any atom is 0.119 e. The quantitative estimate of drug-likeness (QED) is 0.601. The molecule has 0 saturated carbocycles. The zero-order valence-corrected chi connectivity index (χ0v) is 12.0. The van der Waals surface area contributed by atoms with Crippen LogP contribution in [0.5, 0.6) is 5.75 Å². The van der Waals surface area contributed by atoms with Crippen LogP contribution in [0.25, 0.3) is 0 Å². The number of hydrogen-bond acceptors (Lipinski definition) is 3. The molecule has 0 bridgehead atoms. The Balaban J connectivity index is 2.72. The summed E-state index contributed by atoms with van der Waals surface area (Å²) < 4.78 is 5.52. The zero-order valence-electron chi connectivity index (χ0n) is 12.0. The van der Waals surface area contributed by atoms with Gasteiger partial charge in [-0.1, -0.05) is 32.9 Å². The third kappa shape index (κ3) is 5.07. The van der Waals surface area contributed by atoms with Gasteiger partial charge in [-0.2, -0.15) is 0 Å². The highest BCUT2D eigenvalue weighted by Crippen LogP contribution is 2.28. The molecule has 0 aliphatic heterocycles. The van der Waals surface area contributed by atoms with Crippen LogP contribution in [-0.2, 0) is 0 Å². The maximum atomic E-state index is 5.67. The predicted octanol–water partition coefficient (Wildman–Crippen LogP) is 3.42. The van der Waals surface area contributed by atoms with E-state index in [9.17, 15) is 0 Å². The van der Waals surface area contributed by atoms with Crippen molar-refractivity contribution in [2.45, 2.75) is 46.6 Å². The lowest BCUT2D eigenvalue weighted by atomic mass is 9.87. The Morgan fingerprint density at radius 1 is 1.33 bits per heavy atom. The Kier molecular flexibility index (Phi) is 5.63. The summed E-state index contributed by atoms with van der Waals surface area (Å²) in [7, 11) is 0. The van der Waals surface area contributed by atoms with Crippen molar-refractivity contribution in [3.63, 3.8) is 0 Å². The molecule has 0 radical (unpaired) electrons. The Hall–Kier alpha value is -1.06. The molecule has 18 heavy (non-hydrogen) atoms. The number of rotatable bonds is 6. The molecule has 3 N–H and O–H groups in total. The SMILES string of the molecule is CCOc1cccc(C(CCC(C)(C)C)NN)c1. The zero-order chi connectivity index (χ0) is 13.6. The van der Waals surface area contributed by atoms with Gasteiger partial charge >= 0.3 is 0 Å². The van der Waals surface area contributed by atoms with Crippen molar-refractivity contribution in [2.24, 2.45) is 11.3 Å². The van der Waals surface area contributed by atoms with E-state index in [1.165, 1.54) is 5.56 Å². The second-order valence-corrected chi connectivity index (χ2v) is 5.82. The largest absolute Gasteiger partial charge is 0.494 e. The normalized spacial score (nSPS) is 13.4. The van der Waals surface area contributed by atoms with E-state index in [2.05, 4.69) is 38.3 Å². The topological polar surface area (TPSA) is 47.3 Å². The Morgan fingerprint density at radius 2 is 2.06 bits per heavy atom. The highest BCUT2D eigenvalue weighted by Gasteiger charge is 2.16. The minimum absolute atomic E-state index is 0.185. The summed E-state index contributed by atoms with van der Waals surface area (Å²) in [6.45, 7) is 9.42. The van der Waals surface area contributed by atoms with Crippen molar-refractivity contribution in [1.82, 2.24) is 5.43 Å². The van der Waals surface area contributed by atoms with Gasteiger partial charge in [0.1, 0.15) is 5.75 Å². The number of nitrogens with one attached hydrogen (secondary N) is 1. The first-order chi connectivity index (χ1) is 8.46. The molecule has 0 aliphatic carbocycles. The van der Waals surface area contributed by atoms with Gasteiger partial charge in [-0.3, -0.25) is 11.3 Å². The summed E-state index contributed by atoms with van der Waals surface area (Å²) in [5, 5.41) is 0. The van der Waals surface area contributed by atoms with E-state index < -0.39 is 0 Å². The van der Waals surface area contributed by atoms with E-state index in [-0.39, 0.29) is 6.04 Å². The third-order valence-corrected chi connectivity index (χ3v) is 2.96. The molecule has 0 amide bonds. The van der Waals surface area contributed by atoms with E-state index in [0.717, 1.165) is 18.6 Å². The van der Waals surface area contributed by atoms with Crippen LogP contribution in [0.4, 0.5) is 0 Å². The van der Waals surface area contributed by atoms with Crippen LogP contribution in [0.1, 0.15) is 52.1 Å². The van der Waals surface area contributed by atoms with E-state index in [0.29, 0.717) is 12.0 Å². The lowest BCUT2D eigenvalue weighted by Gasteiger charge is -2.23. The summed E-state index contributed by atoms with van der Waals surface area (Å²) in [4.78, 5) is 0. The van der Waals surface area contributed by atoms with Crippen LogP contribution in [0.15, 0.2) is 24.3 Å². The number of ether oxygens (including phenoxy) is 1. The molecule has 0 aromatic heterocycles. The summed E-state index contributed by atoms with van der Waals surface area (Å²) in [6.07, 6.45) is 2.15. The van der Waals surface area contributed by atoms with Crippen molar-refractivity contribution in [2.75, 3.05) is 6.61 Å². The number of hydrogen-bond donors (Lipinski definition) is 2. The standard InChI is InChI=1S/C15H26N2O/c1-5-18-13-8-6-7-12(11-13)14(17-16)9-10-15(2,3)4/h6-8,11,14,17H,5,9-10,16H2,1-4H3. The lowest BCUT2D eigenvalue weighted by molar-refractivity contribution is 0.329. The van der Waals surface area contributed by atoms with Crippen LogP contribution in [-0.4, -0.2) is 6.61 Å². The molecule has 0 aliphatic rings. The first kappa shape index (κ1) is 15.0. The molecule has 1 rings (SSSR count). The molecule has 0 fully saturated rings. The molecule has 0 spiro atoms. The Bertz CT molecular complexity index is 358. The molecule has 0 saturated heterocycles. The average Bonchev–Trinajstić information content (AvgIpc) is 2.29. The van der Waals surface area contributed by atoms with Gasteiger partial charge in [0, 0.05) is 6.04 Å². The molecule has 102 valence electrons. The molecule has 3 nitrogen and oxygen atoms in total. The average molecular weight is 250 g/mol. The van der Waals surface area contributed by atoms with Gasteiger partial charge in [0.2, 0.25) is 0 Å². The van der Waals surface area contributed by atoms with Crippen molar-refractivity contribution in [1.29, 1.82) is 0 Å². The van der Waals surface area contributed by atoms with Crippen LogP contribution < -0.4 is 16.0 Å². The van der Waals surface area contributed by atoms with Crippen molar-refractivity contribution < 1.29 is 4.74 Å². The monoisotopic (exact) mass is 250 g/mol. The molecule has 1 unspecified atom stereocenters.